The van der Waals surface area contributed by atoms with E-state index in [1.165, 1.54) is 18.2 Å². The number of nitrogen functional groups attached to an aromatic ring is 1. The molecular weight excluding hydrogens is 273 g/mol. The van der Waals surface area contributed by atoms with Crippen molar-refractivity contribution >= 4 is 28.1 Å². The van der Waals surface area contributed by atoms with Crippen molar-refractivity contribution in [2.24, 2.45) is 0 Å². The van der Waals surface area contributed by atoms with Crippen LogP contribution in [0.25, 0.3) is 0 Å². The van der Waals surface area contributed by atoms with Crippen LogP contribution in [-0.2, 0) is 16.6 Å². The second kappa shape index (κ2) is 5.50. The maximum absolute atomic E-state index is 13.0. The minimum atomic E-state index is -1.37. The summed E-state index contributed by atoms with van der Waals surface area (Å²) in [6.07, 6.45) is 0. The van der Waals surface area contributed by atoms with E-state index in [1.807, 2.05) is 0 Å². The first-order valence-corrected chi connectivity index (χ1v) is 6.94. The minimum Gasteiger partial charge on any atom is -0.398 e. The summed E-state index contributed by atoms with van der Waals surface area (Å²) >= 11 is 6.00. The zero-order valence-electron chi connectivity index (χ0n) is 9.40. The van der Waals surface area contributed by atoms with E-state index in [0.29, 0.717) is 21.2 Å². The van der Waals surface area contributed by atoms with Gasteiger partial charge in [0.2, 0.25) is 0 Å². The highest BCUT2D eigenvalue weighted by molar-refractivity contribution is 7.84. The highest BCUT2D eigenvalue weighted by atomic mass is 35.5. The SMILES string of the molecule is Nc1cccc(Cl)c1CS(=O)c1cccc(F)c1. The van der Waals surface area contributed by atoms with E-state index >= 15 is 0 Å². The highest BCUT2D eigenvalue weighted by Gasteiger charge is 2.11. The van der Waals surface area contributed by atoms with Crippen LogP contribution in [0.2, 0.25) is 5.02 Å². The van der Waals surface area contributed by atoms with Crippen molar-refractivity contribution in [1.29, 1.82) is 0 Å². The van der Waals surface area contributed by atoms with E-state index in [4.69, 9.17) is 17.3 Å². The average Bonchev–Trinajstić information content (AvgIpc) is 2.34. The molecule has 0 heterocycles. The number of halogens is 2. The molecule has 0 spiro atoms. The topological polar surface area (TPSA) is 43.1 Å². The number of anilines is 1. The Balaban J connectivity index is 2.27. The molecule has 0 aliphatic rings. The standard InChI is InChI=1S/C13H11ClFNOS/c14-12-5-2-6-13(16)11(12)8-18(17)10-4-1-3-9(15)7-10/h1-7H,8,16H2. The van der Waals surface area contributed by atoms with Gasteiger partial charge in [0.25, 0.3) is 0 Å². The van der Waals surface area contributed by atoms with Gasteiger partial charge in [-0.05, 0) is 30.3 Å². The van der Waals surface area contributed by atoms with Crippen molar-refractivity contribution < 1.29 is 8.60 Å². The Morgan fingerprint density at radius 1 is 1.22 bits per heavy atom. The molecule has 0 radical (unpaired) electrons. The van der Waals surface area contributed by atoms with Crippen molar-refractivity contribution in [1.82, 2.24) is 0 Å². The first-order valence-electron chi connectivity index (χ1n) is 5.25. The lowest BCUT2D eigenvalue weighted by molar-refractivity contribution is 0.622. The van der Waals surface area contributed by atoms with Crippen LogP contribution in [0.5, 0.6) is 0 Å². The van der Waals surface area contributed by atoms with Gasteiger partial charge in [-0.3, -0.25) is 4.21 Å². The average molecular weight is 284 g/mol. The molecule has 0 aliphatic carbocycles. The Labute approximate surface area is 112 Å². The van der Waals surface area contributed by atoms with Crippen LogP contribution in [0.1, 0.15) is 5.56 Å². The molecule has 2 aromatic rings. The number of nitrogens with two attached hydrogens (primary N) is 1. The molecular formula is C13H11ClFNOS. The maximum Gasteiger partial charge on any atom is 0.124 e. The van der Waals surface area contributed by atoms with E-state index in [0.717, 1.165) is 0 Å². The van der Waals surface area contributed by atoms with Crippen LogP contribution in [0.4, 0.5) is 10.1 Å². The molecule has 18 heavy (non-hydrogen) atoms. The van der Waals surface area contributed by atoms with E-state index in [1.54, 1.807) is 24.3 Å². The van der Waals surface area contributed by atoms with Gasteiger partial charge in [0.1, 0.15) is 5.82 Å². The number of hydrogen-bond donors (Lipinski definition) is 1. The zero-order chi connectivity index (χ0) is 13.1. The summed E-state index contributed by atoms with van der Waals surface area (Å²) in [6.45, 7) is 0. The Hall–Kier alpha value is -1.39. The first kappa shape index (κ1) is 13.1. The summed E-state index contributed by atoms with van der Waals surface area (Å²) < 4.78 is 25.1. The Morgan fingerprint density at radius 3 is 2.61 bits per heavy atom. The molecule has 0 fully saturated rings. The van der Waals surface area contributed by atoms with E-state index in [-0.39, 0.29) is 5.75 Å². The van der Waals surface area contributed by atoms with Gasteiger partial charge in [-0.15, -0.1) is 0 Å². The number of rotatable bonds is 3. The second-order valence-corrected chi connectivity index (χ2v) is 5.61. The van der Waals surface area contributed by atoms with Crippen LogP contribution in [-0.4, -0.2) is 4.21 Å². The first-order chi connectivity index (χ1) is 8.58. The number of benzene rings is 2. The fourth-order valence-electron chi connectivity index (χ4n) is 1.55. The second-order valence-electron chi connectivity index (χ2n) is 3.75. The molecule has 0 aliphatic heterocycles. The van der Waals surface area contributed by atoms with Gasteiger partial charge in [0, 0.05) is 21.2 Å². The van der Waals surface area contributed by atoms with E-state index in [2.05, 4.69) is 0 Å². The van der Waals surface area contributed by atoms with Crippen LogP contribution >= 0.6 is 11.6 Å². The molecule has 1 atom stereocenters. The molecule has 2 nitrogen and oxygen atoms in total. The summed E-state index contributed by atoms with van der Waals surface area (Å²) in [4.78, 5) is 0.425. The predicted octanol–water partition coefficient (Wildman–Crippen LogP) is 3.37. The number of hydrogen-bond acceptors (Lipinski definition) is 2. The summed E-state index contributed by atoms with van der Waals surface area (Å²) in [5.74, 6) is -0.234. The molecule has 2 rings (SSSR count). The fourth-order valence-corrected chi connectivity index (χ4v) is 3.10. The molecule has 2 N–H and O–H groups in total. The van der Waals surface area contributed by atoms with Crippen molar-refractivity contribution in [2.75, 3.05) is 5.73 Å². The van der Waals surface area contributed by atoms with Gasteiger partial charge in [-0.1, -0.05) is 23.7 Å². The van der Waals surface area contributed by atoms with Gasteiger partial charge in [-0.25, -0.2) is 4.39 Å². The van der Waals surface area contributed by atoms with Crippen molar-refractivity contribution in [2.45, 2.75) is 10.6 Å². The Morgan fingerprint density at radius 2 is 1.94 bits per heavy atom. The normalized spacial score (nSPS) is 12.3. The summed E-state index contributed by atoms with van der Waals surface area (Å²) in [6, 6.07) is 10.8. The van der Waals surface area contributed by atoms with Gasteiger partial charge in [0.15, 0.2) is 0 Å². The summed E-state index contributed by atoms with van der Waals surface area (Å²) in [7, 11) is -1.37. The van der Waals surface area contributed by atoms with E-state index < -0.39 is 16.6 Å². The minimum absolute atomic E-state index is 0.176. The van der Waals surface area contributed by atoms with Gasteiger partial charge >= 0.3 is 0 Å². The third-order valence-corrected chi connectivity index (χ3v) is 4.17. The Bertz CT molecular complexity index is 583. The lowest BCUT2D eigenvalue weighted by Crippen LogP contribution is -2.01. The van der Waals surface area contributed by atoms with E-state index in [9.17, 15) is 8.60 Å². The van der Waals surface area contributed by atoms with Crippen LogP contribution < -0.4 is 5.73 Å². The molecule has 2 aromatic carbocycles. The van der Waals surface area contributed by atoms with Crippen molar-refractivity contribution in [3.05, 3.63) is 58.9 Å². The fraction of sp³-hybridized carbons (Fsp3) is 0.0769. The quantitative estimate of drug-likeness (QED) is 0.878. The van der Waals surface area contributed by atoms with Crippen LogP contribution in [0.15, 0.2) is 47.4 Å². The molecule has 0 saturated carbocycles. The molecule has 0 aromatic heterocycles. The molecule has 0 amide bonds. The molecule has 5 heteroatoms. The third-order valence-electron chi connectivity index (χ3n) is 2.49. The van der Waals surface area contributed by atoms with Crippen molar-refractivity contribution in [3.63, 3.8) is 0 Å². The lowest BCUT2D eigenvalue weighted by Gasteiger charge is -2.08. The highest BCUT2D eigenvalue weighted by Crippen LogP contribution is 2.25. The molecule has 0 bridgehead atoms. The summed E-state index contributed by atoms with van der Waals surface area (Å²) in [5, 5.41) is 0.472. The molecule has 0 saturated heterocycles. The van der Waals surface area contributed by atoms with Gasteiger partial charge in [-0.2, -0.15) is 0 Å². The van der Waals surface area contributed by atoms with Crippen LogP contribution in [0, 0.1) is 5.82 Å². The lowest BCUT2D eigenvalue weighted by atomic mass is 10.2. The van der Waals surface area contributed by atoms with Crippen molar-refractivity contribution in [3.8, 4) is 0 Å². The smallest absolute Gasteiger partial charge is 0.124 e. The zero-order valence-corrected chi connectivity index (χ0v) is 11.0. The Kier molecular flexibility index (Phi) is 3.99. The monoisotopic (exact) mass is 283 g/mol. The molecule has 1 unspecified atom stereocenters. The summed E-state index contributed by atoms with van der Waals surface area (Å²) in [5.41, 5.74) is 6.90. The largest absolute Gasteiger partial charge is 0.398 e. The third kappa shape index (κ3) is 2.89. The van der Waals surface area contributed by atoms with Gasteiger partial charge in [0.05, 0.1) is 16.6 Å². The predicted molar refractivity (Wildman–Crippen MR) is 72.4 cm³/mol. The van der Waals surface area contributed by atoms with Gasteiger partial charge < -0.3 is 5.73 Å². The molecule has 94 valence electrons. The van der Waals surface area contributed by atoms with Crippen LogP contribution in [0.3, 0.4) is 0 Å². The maximum atomic E-state index is 13.0.